The fourth-order valence-electron chi connectivity index (χ4n) is 2.16. The van der Waals surface area contributed by atoms with Gasteiger partial charge in [-0.3, -0.25) is 4.79 Å². The summed E-state index contributed by atoms with van der Waals surface area (Å²) in [7, 11) is 0. The Morgan fingerprint density at radius 2 is 1.81 bits per heavy atom. The summed E-state index contributed by atoms with van der Waals surface area (Å²) in [5.41, 5.74) is -1.74. The molecule has 1 aromatic carbocycles. The molecule has 118 valence electrons. The second kappa shape index (κ2) is 6.39. The van der Waals surface area contributed by atoms with Crippen molar-refractivity contribution < 1.29 is 19.0 Å². The van der Waals surface area contributed by atoms with Crippen molar-refractivity contribution in [2.75, 3.05) is 0 Å². The molecule has 0 spiro atoms. The number of hydrogen-bond donors (Lipinski definition) is 2. The Kier molecular flexibility index (Phi) is 5.48. The lowest BCUT2D eigenvalue weighted by Crippen LogP contribution is -2.50. The van der Waals surface area contributed by atoms with Crippen LogP contribution >= 0.6 is 18.1 Å². The molecule has 5 nitrogen and oxygen atoms in total. The molecule has 0 saturated heterocycles. The third-order valence-electron chi connectivity index (χ3n) is 2.70. The van der Waals surface area contributed by atoms with Crippen LogP contribution < -0.4 is 9.61 Å². The van der Waals surface area contributed by atoms with Crippen LogP contribution in [0.3, 0.4) is 0 Å². The van der Waals surface area contributed by atoms with Gasteiger partial charge in [0, 0.05) is 11.2 Å². The van der Waals surface area contributed by atoms with Crippen LogP contribution in [-0.4, -0.2) is 16.6 Å². The summed E-state index contributed by atoms with van der Waals surface area (Å²) in [6.45, 7) is 3.30. The number of carboxylic acid groups (broad SMARTS) is 1. The first kappa shape index (κ1) is 18.0. The summed E-state index contributed by atoms with van der Waals surface area (Å²) < 4.78 is 17.6. The molecule has 21 heavy (non-hydrogen) atoms. The standard InChI is InChI=1S/C14H21ClNO4P/c1-13(2,3)10-14(4,12(17)18)16-21(15,19)20-11-8-6-5-7-9-11/h5-9H,10H2,1-4H3,(H,16,19)(H,17,18)/t14-,21?/m0/s1. The molecule has 0 aliphatic carbocycles. The quantitative estimate of drug-likeness (QED) is 0.760. The monoisotopic (exact) mass is 333 g/mol. The molecule has 0 heterocycles. The van der Waals surface area contributed by atoms with Gasteiger partial charge in [-0.25, -0.2) is 9.65 Å². The number of halogens is 1. The largest absolute Gasteiger partial charge is 0.480 e. The first-order valence-corrected chi connectivity index (χ1v) is 9.04. The summed E-state index contributed by atoms with van der Waals surface area (Å²) in [5.74, 6) is -0.818. The van der Waals surface area contributed by atoms with Crippen LogP contribution in [0, 0.1) is 5.41 Å². The van der Waals surface area contributed by atoms with Crippen molar-refractivity contribution >= 4 is 24.1 Å². The number of nitrogens with one attached hydrogen (secondary N) is 1. The number of carbonyl (C=O) groups is 1. The van der Waals surface area contributed by atoms with Gasteiger partial charge in [0.2, 0.25) is 0 Å². The fourth-order valence-corrected chi connectivity index (χ4v) is 4.16. The van der Waals surface area contributed by atoms with Gasteiger partial charge in [0.05, 0.1) is 0 Å². The lowest BCUT2D eigenvalue weighted by Gasteiger charge is -2.33. The average molecular weight is 334 g/mol. The van der Waals surface area contributed by atoms with Crippen LogP contribution in [0.2, 0.25) is 0 Å². The van der Waals surface area contributed by atoms with E-state index < -0.39 is 18.4 Å². The average Bonchev–Trinajstić information content (AvgIpc) is 2.25. The Morgan fingerprint density at radius 3 is 2.24 bits per heavy atom. The highest BCUT2D eigenvalue weighted by Crippen LogP contribution is 2.51. The van der Waals surface area contributed by atoms with Crippen LogP contribution in [0.25, 0.3) is 0 Å². The van der Waals surface area contributed by atoms with Gasteiger partial charge in [-0.2, -0.15) is 0 Å². The molecule has 0 radical (unpaired) electrons. The zero-order chi connectivity index (χ0) is 16.3. The van der Waals surface area contributed by atoms with E-state index >= 15 is 0 Å². The third-order valence-corrected chi connectivity index (χ3v) is 4.37. The zero-order valence-corrected chi connectivity index (χ0v) is 14.2. The molecule has 2 atom stereocenters. The molecule has 0 saturated carbocycles. The Balaban J connectivity index is 2.92. The van der Waals surface area contributed by atoms with Crippen molar-refractivity contribution in [2.45, 2.75) is 39.7 Å². The number of benzene rings is 1. The molecule has 1 aromatic rings. The molecule has 1 rings (SSSR count). The second-order valence-corrected chi connectivity index (χ2v) is 9.07. The summed E-state index contributed by atoms with van der Waals surface area (Å²) in [4.78, 5) is 11.5. The van der Waals surface area contributed by atoms with Gasteiger partial charge in [-0.1, -0.05) is 39.0 Å². The van der Waals surface area contributed by atoms with Crippen LogP contribution in [0.4, 0.5) is 0 Å². The predicted octanol–water partition coefficient (Wildman–Crippen LogP) is 4.28. The maximum Gasteiger partial charge on any atom is 0.410 e. The minimum Gasteiger partial charge on any atom is -0.480 e. The van der Waals surface area contributed by atoms with Gasteiger partial charge < -0.3 is 9.63 Å². The van der Waals surface area contributed by atoms with Crippen molar-refractivity contribution in [3.05, 3.63) is 30.3 Å². The minimum absolute atomic E-state index is 0.240. The van der Waals surface area contributed by atoms with Gasteiger partial charge in [-0.15, -0.1) is 0 Å². The molecular formula is C14H21ClNO4P. The van der Waals surface area contributed by atoms with Gasteiger partial charge in [0.15, 0.2) is 0 Å². The summed E-state index contributed by atoms with van der Waals surface area (Å²) >= 11 is 5.89. The first-order chi connectivity index (χ1) is 9.44. The third kappa shape index (κ3) is 6.08. The molecule has 0 amide bonds. The van der Waals surface area contributed by atoms with E-state index in [-0.39, 0.29) is 11.8 Å². The van der Waals surface area contributed by atoms with E-state index in [1.165, 1.54) is 6.92 Å². The molecule has 0 fully saturated rings. The Hall–Kier alpha value is -1.03. The predicted molar refractivity (Wildman–Crippen MR) is 83.8 cm³/mol. The molecule has 7 heteroatoms. The number of hydrogen-bond acceptors (Lipinski definition) is 3. The number of aliphatic carboxylic acids is 1. The van der Waals surface area contributed by atoms with E-state index in [2.05, 4.69) is 5.09 Å². The maximum absolute atomic E-state index is 12.4. The molecule has 0 bridgehead atoms. The van der Waals surface area contributed by atoms with E-state index in [0.717, 1.165) is 0 Å². The summed E-state index contributed by atoms with van der Waals surface area (Å²) in [5, 5.41) is 11.9. The smallest absolute Gasteiger partial charge is 0.410 e. The van der Waals surface area contributed by atoms with Crippen molar-refractivity contribution in [1.82, 2.24) is 5.09 Å². The van der Waals surface area contributed by atoms with E-state index in [9.17, 15) is 14.5 Å². The Bertz CT molecular complexity index is 544. The molecule has 0 aliphatic rings. The minimum atomic E-state index is -3.83. The van der Waals surface area contributed by atoms with Crippen molar-refractivity contribution in [3.8, 4) is 5.75 Å². The highest BCUT2D eigenvalue weighted by molar-refractivity contribution is 7.84. The number of carboxylic acids is 1. The van der Waals surface area contributed by atoms with Gasteiger partial charge in [-0.05, 0) is 30.9 Å². The van der Waals surface area contributed by atoms with Crippen LogP contribution in [0.1, 0.15) is 34.1 Å². The highest BCUT2D eigenvalue weighted by Gasteiger charge is 2.43. The molecule has 0 aromatic heterocycles. The molecule has 2 N–H and O–H groups in total. The molecular weight excluding hydrogens is 313 g/mol. The van der Waals surface area contributed by atoms with Crippen LogP contribution in [0.15, 0.2) is 30.3 Å². The van der Waals surface area contributed by atoms with Gasteiger partial charge in [0.1, 0.15) is 11.3 Å². The second-order valence-electron chi connectivity index (χ2n) is 6.37. The zero-order valence-electron chi connectivity index (χ0n) is 12.6. The van der Waals surface area contributed by atoms with Gasteiger partial charge in [0.25, 0.3) is 0 Å². The van der Waals surface area contributed by atoms with Crippen LogP contribution in [0.5, 0.6) is 5.75 Å². The molecule has 1 unspecified atom stereocenters. The number of rotatable bonds is 6. The molecule has 0 aliphatic heterocycles. The normalized spacial score (nSPS) is 17.6. The topological polar surface area (TPSA) is 75.6 Å². The maximum atomic E-state index is 12.4. The lowest BCUT2D eigenvalue weighted by molar-refractivity contribution is -0.144. The lowest BCUT2D eigenvalue weighted by atomic mass is 9.81. The van der Waals surface area contributed by atoms with Gasteiger partial charge >= 0.3 is 12.8 Å². The van der Waals surface area contributed by atoms with E-state index in [1.807, 2.05) is 20.8 Å². The van der Waals surface area contributed by atoms with E-state index in [0.29, 0.717) is 5.75 Å². The van der Waals surface area contributed by atoms with E-state index in [1.54, 1.807) is 30.3 Å². The number of para-hydroxylation sites is 1. The summed E-state index contributed by atoms with van der Waals surface area (Å²) in [6.07, 6.45) is 0.240. The fraction of sp³-hybridized carbons (Fsp3) is 0.500. The SMILES string of the molecule is CC(C)(C)C[C@](C)(NP(=O)(Cl)Oc1ccccc1)C(=O)O. The van der Waals surface area contributed by atoms with Crippen molar-refractivity contribution in [2.24, 2.45) is 5.41 Å². The first-order valence-electron chi connectivity index (χ1n) is 6.51. The van der Waals surface area contributed by atoms with Crippen LogP contribution in [-0.2, 0) is 9.36 Å². The highest BCUT2D eigenvalue weighted by atomic mass is 35.7. The van der Waals surface area contributed by atoms with E-state index in [4.69, 9.17) is 15.8 Å². The Morgan fingerprint density at radius 1 is 1.29 bits per heavy atom. The van der Waals surface area contributed by atoms with Crippen molar-refractivity contribution in [3.63, 3.8) is 0 Å². The summed E-state index contributed by atoms with van der Waals surface area (Å²) in [6, 6.07) is 8.38. The Labute approximate surface area is 129 Å². The van der Waals surface area contributed by atoms with Crippen molar-refractivity contribution in [1.29, 1.82) is 0 Å².